The number of hydrogen-bond donors (Lipinski definition) is 0. The Morgan fingerprint density at radius 1 is 1.30 bits per heavy atom. The first-order valence-electron chi connectivity index (χ1n) is 7.10. The van der Waals surface area contributed by atoms with Gasteiger partial charge in [0.05, 0.1) is 5.69 Å². The summed E-state index contributed by atoms with van der Waals surface area (Å²) in [5.74, 6) is 1.82. The molecular weight excluding hydrogens is 268 g/mol. The molecule has 0 bridgehead atoms. The fourth-order valence-electron chi connectivity index (χ4n) is 2.22. The van der Waals surface area contributed by atoms with Crippen molar-refractivity contribution < 1.29 is 0 Å². The minimum absolute atomic E-state index is 0.348. The lowest BCUT2D eigenvalue weighted by Gasteiger charge is -2.27. The average molecular weight is 292 g/mol. The molecule has 0 N–H and O–H groups in total. The molecule has 5 heteroatoms. The Kier molecular flexibility index (Phi) is 6.80. The monoisotopic (exact) mass is 292 g/mol. The van der Waals surface area contributed by atoms with E-state index in [1.807, 2.05) is 18.8 Å². The van der Waals surface area contributed by atoms with E-state index >= 15 is 0 Å². The van der Waals surface area contributed by atoms with Crippen molar-refractivity contribution in [2.45, 2.75) is 46.1 Å². The van der Waals surface area contributed by atoms with Crippen LogP contribution in [0.4, 0.5) is 5.82 Å². The molecule has 1 atom stereocenters. The third-order valence-corrected chi connectivity index (χ3v) is 4.32. The lowest BCUT2D eigenvalue weighted by molar-refractivity contribution is 0.653. The summed E-state index contributed by atoms with van der Waals surface area (Å²) in [7, 11) is 2.00. The van der Waals surface area contributed by atoms with E-state index in [0.717, 1.165) is 42.1 Å². The Balaban J connectivity index is 3.15. The van der Waals surface area contributed by atoms with Gasteiger partial charge in [0.25, 0.3) is 0 Å². The fourth-order valence-corrected chi connectivity index (χ4v) is 2.79. The lowest BCUT2D eigenvalue weighted by Crippen LogP contribution is -2.31. The van der Waals surface area contributed by atoms with E-state index in [2.05, 4.69) is 48.2 Å². The van der Waals surface area contributed by atoms with Crippen LogP contribution in [0.5, 0.6) is 0 Å². The maximum absolute atomic E-state index is 9.51. The Hall–Kier alpha value is -1.28. The van der Waals surface area contributed by atoms with Gasteiger partial charge in [0.1, 0.15) is 11.6 Å². The first kappa shape index (κ1) is 16.8. The van der Waals surface area contributed by atoms with E-state index in [-0.39, 0.29) is 0 Å². The third-order valence-electron chi connectivity index (χ3n) is 3.67. The minimum Gasteiger partial charge on any atom is -0.354 e. The van der Waals surface area contributed by atoms with Crippen LogP contribution in [-0.4, -0.2) is 35.3 Å². The molecule has 0 aliphatic rings. The second-order valence-corrected chi connectivity index (χ2v) is 5.87. The van der Waals surface area contributed by atoms with Gasteiger partial charge < -0.3 is 4.90 Å². The highest BCUT2D eigenvalue weighted by molar-refractivity contribution is 7.98. The highest BCUT2D eigenvalue weighted by Crippen LogP contribution is 2.24. The molecule has 0 aliphatic carbocycles. The molecule has 1 unspecified atom stereocenters. The van der Waals surface area contributed by atoms with Crippen molar-refractivity contribution in [1.29, 1.82) is 5.26 Å². The van der Waals surface area contributed by atoms with Gasteiger partial charge >= 0.3 is 0 Å². The standard InChI is InChI=1S/C15H24N4S/c1-6-12-13(10-16)15(18-17-14(12)7-2)19(4)11(3)8-9-20-5/h11H,6-9H2,1-5H3. The first-order valence-corrected chi connectivity index (χ1v) is 8.50. The van der Waals surface area contributed by atoms with Crippen molar-refractivity contribution in [3.05, 3.63) is 16.8 Å². The van der Waals surface area contributed by atoms with Crippen LogP contribution in [0.25, 0.3) is 0 Å². The minimum atomic E-state index is 0.348. The van der Waals surface area contributed by atoms with Crippen molar-refractivity contribution >= 4 is 17.6 Å². The van der Waals surface area contributed by atoms with Gasteiger partial charge in [-0.05, 0) is 43.8 Å². The highest BCUT2D eigenvalue weighted by atomic mass is 32.2. The summed E-state index contributed by atoms with van der Waals surface area (Å²) in [4.78, 5) is 2.08. The number of hydrogen-bond acceptors (Lipinski definition) is 5. The molecule has 0 saturated carbocycles. The zero-order chi connectivity index (χ0) is 15.1. The number of nitriles is 1. The van der Waals surface area contributed by atoms with E-state index in [1.54, 1.807) is 0 Å². The van der Waals surface area contributed by atoms with Gasteiger partial charge in [-0.1, -0.05) is 13.8 Å². The lowest BCUT2D eigenvalue weighted by atomic mass is 10.0. The van der Waals surface area contributed by atoms with Crippen LogP contribution >= 0.6 is 11.8 Å². The van der Waals surface area contributed by atoms with Gasteiger partial charge in [-0.25, -0.2) is 0 Å². The normalized spacial score (nSPS) is 12.0. The summed E-state index contributed by atoms with van der Waals surface area (Å²) in [5.41, 5.74) is 2.68. The van der Waals surface area contributed by atoms with Crippen LogP contribution < -0.4 is 4.90 Å². The topological polar surface area (TPSA) is 52.8 Å². The smallest absolute Gasteiger partial charge is 0.169 e. The zero-order valence-corrected chi connectivity index (χ0v) is 13.9. The summed E-state index contributed by atoms with van der Waals surface area (Å²) in [6.45, 7) is 6.28. The molecule has 0 fully saturated rings. The molecule has 0 aromatic carbocycles. The fraction of sp³-hybridized carbons (Fsp3) is 0.667. The molecule has 0 saturated heterocycles. The predicted octanol–water partition coefficient (Wildman–Crippen LogP) is 3.05. The van der Waals surface area contributed by atoms with Gasteiger partial charge in [-0.15, -0.1) is 5.10 Å². The molecule has 20 heavy (non-hydrogen) atoms. The van der Waals surface area contributed by atoms with Crippen LogP contribution in [0.15, 0.2) is 0 Å². The molecule has 0 radical (unpaired) electrons. The summed E-state index contributed by atoms with van der Waals surface area (Å²) < 4.78 is 0. The maximum atomic E-state index is 9.51. The Bertz CT molecular complexity index is 481. The summed E-state index contributed by atoms with van der Waals surface area (Å²) in [5, 5.41) is 18.1. The summed E-state index contributed by atoms with van der Waals surface area (Å²) in [6.07, 6.45) is 4.82. The number of aromatic nitrogens is 2. The Labute approximate surface area is 126 Å². The van der Waals surface area contributed by atoms with Gasteiger partial charge in [0, 0.05) is 13.1 Å². The SMILES string of the molecule is CCc1nnc(N(C)C(C)CCSC)c(C#N)c1CC. The molecule has 4 nitrogen and oxygen atoms in total. The van der Waals surface area contributed by atoms with Crippen LogP contribution in [0.3, 0.4) is 0 Å². The van der Waals surface area contributed by atoms with Gasteiger partial charge in [0.2, 0.25) is 0 Å². The largest absolute Gasteiger partial charge is 0.354 e. The van der Waals surface area contributed by atoms with Crippen LogP contribution in [0, 0.1) is 11.3 Å². The van der Waals surface area contributed by atoms with Crippen LogP contribution in [0.2, 0.25) is 0 Å². The molecule has 110 valence electrons. The summed E-state index contributed by atoms with van der Waals surface area (Å²) >= 11 is 1.84. The summed E-state index contributed by atoms with van der Waals surface area (Å²) in [6, 6.07) is 2.68. The number of thioether (sulfide) groups is 1. The number of nitrogens with zero attached hydrogens (tertiary/aromatic N) is 4. The Morgan fingerprint density at radius 3 is 2.50 bits per heavy atom. The highest BCUT2D eigenvalue weighted by Gasteiger charge is 2.20. The van der Waals surface area contributed by atoms with E-state index in [0.29, 0.717) is 11.6 Å². The first-order chi connectivity index (χ1) is 9.60. The Morgan fingerprint density at radius 2 is 2.00 bits per heavy atom. The molecule has 1 rings (SSSR count). The quantitative estimate of drug-likeness (QED) is 0.773. The molecule has 1 aromatic heterocycles. The van der Waals surface area contributed by atoms with E-state index in [4.69, 9.17) is 0 Å². The molecular formula is C15H24N4S. The van der Waals surface area contributed by atoms with Crippen molar-refractivity contribution in [3.63, 3.8) is 0 Å². The molecule has 0 aliphatic heterocycles. The van der Waals surface area contributed by atoms with Crippen molar-refractivity contribution in [2.75, 3.05) is 24.0 Å². The van der Waals surface area contributed by atoms with E-state index in [9.17, 15) is 5.26 Å². The number of aryl methyl sites for hydroxylation is 1. The third kappa shape index (κ3) is 3.63. The molecule has 0 amide bonds. The predicted molar refractivity (Wildman–Crippen MR) is 86.4 cm³/mol. The van der Waals surface area contributed by atoms with Crippen LogP contribution in [0.1, 0.15) is 44.0 Å². The average Bonchev–Trinajstić information content (AvgIpc) is 2.49. The number of anilines is 1. The number of rotatable bonds is 7. The van der Waals surface area contributed by atoms with Crippen LogP contribution in [-0.2, 0) is 12.8 Å². The second kappa shape index (κ2) is 8.11. The zero-order valence-electron chi connectivity index (χ0n) is 13.1. The molecule has 1 aromatic rings. The van der Waals surface area contributed by atoms with E-state index < -0.39 is 0 Å². The van der Waals surface area contributed by atoms with Crippen molar-refractivity contribution in [2.24, 2.45) is 0 Å². The molecule has 1 heterocycles. The van der Waals surface area contributed by atoms with Gasteiger partial charge in [-0.3, -0.25) is 0 Å². The molecule has 0 spiro atoms. The van der Waals surface area contributed by atoms with Crippen molar-refractivity contribution in [1.82, 2.24) is 10.2 Å². The van der Waals surface area contributed by atoms with E-state index in [1.165, 1.54) is 0 Å². The van der Waals surface area contributed by atoms with Gasteiger partial charge in [-0.2, -0.15) is 22.1 Å². The van der Waals surface area contributed by atoms with Crippen molar-refractivity contribution in [3.8, 4) is 6.07 Å². The maximum Gasteiger partial charge on any atom is 0.169 e. The second-order valence-electron chi connectivity index (χ2n) is 4.88. The van der Waals surface area contributed by atoms with Gasteiger partial charge in [0.15, 0.2) is 5.82 Å².